The molecule has 11 heteroatoms. The summed E-state index contributed by atoms with van der Waals surface area (Å²) in [6.07, 6.45) is -10.5. The molecule has 0 fully saturated rings. The number of benzene rings is 1. The van der Waals surface area contributed by atoms with Crippen LogP contribution in [-0.4, -0.2) is 14.8 Å². The zero-order valence-corrected chi connectivity index (χ0v) is 9.53. The maximum Gasteiger partial charge on any atom is 0.573 e. The molecule has 0 heterocycles. The minimum absolute atomic E-state index is 0.0612. The molecule has 19 heavy (non-hydrogen) atoms. The summed E-state index contributed by atoms with van der Waals surface area (Å²) in [6.45, 7) is 0. The Kier molecular flexibility index (Phi) is 3.74. The maximum absolute atomic E-state index is 12.4. The van der Waals surface area contributed by atoms with Gasteiger partial charge in [0.15, 0.2) is 0 Å². The van der Waals surface area contributed by atoms with Gasteiger partial charge >= 0.3 is 12.5 Å². The standard InChI is InChI=1S/C8H5F6NO3S/c9-7(10,11)5-2-1-4(19(15,16)17)3-6(5)18-8(12,13)14/h1-3H,(H2,15,16,17). The lowest BCUT2D eigenvalue weighted by atomic mass is 10.2. The van der Waals surface area contributed by atoms with Gasteiger partial charge in [0, 0.05) is 6.07 Å². The van der Waals surface area contributed by atoms with Crippen molar-refractivity contribution in [3.8, 4) is 5.75 Å². The van der Waals surface area contributed by atoms with E-state index in [1.54, 1.807) is 0 Å². The van der Waals surface area contributed by atoms with Crippen LogP contribution in [0.25, 0.3) is 0 Å². The van der Waals surface area contributed by atoms with E-state index in [1.807, 2.05) is 0 Å². The summed E-state index contributed by atoms with van der Waals surface area (Å²) in [5.41, 5.74) is -1.77. The summed E-state index contributed by atoms with van der Waals surface area (Å²) >= 11 is 0. The Hall–Kier alpha value is -1.49. The number of rotatable bonds is 2. The van der Waals surface area contributed by atoms with E-state index in [2.05, 4.69) is 9.88 Å². The van der Waals surface area contributed by atoms with E-state index in [-0.39, 0.29) is 12.1 Å². The average Bonchev–Trinajstić information content (AvgIpc) is 2.11. The lowest BCUT2D eigenvalue weighted by Crippen LogP contribution is -2.21. The van der Waals surface area contributed by atoms with Crippen molar-refractivity contribution in [1.29, 1.82) is 0 Å². The van der Waals surface area contributed by atoms with Crippen LogP contribution in [0.3, 0.4) is 0 Å². The van der Waals surface area contributed by atoms with E-state index in [0.29, 0.717) is 6.07 Å². The molecule has 4 nitrogen and oxygen atoms in total. The van der Waals surface area contributed by atoms with Crippen LogP contribution >= 0.6 is 0 Å². The van der Waals surface area contributed by atoms with Crippen LogP contribution in [0.5, 0.6) is 5.75 Å². The van der Waals surface area contributed by atoms with Crippen LogP contribution in [0.1, 0.15) is 5.56 Å². The van der Waals surface area contributed by atoms with Gasteiger partial charge in [-0.3, -0.25) is 0 Å². The molecule has 0 spiro atoms. The molecule has 1 rings (SSSR count). The van der Waals surface area contributed by atoms with Gasteiger partial charge in [0.1, 0.15) is 5.75 Å². The Labute approximate surface area is 102 Å². The second-order valence-corrected chi connectivity index (χ2v) is 4.81. The van der Waals surface area contributed by atoms with Crippen molar-refractivity contribution in [2.75, 3.05) is 0 Å². The normalized spacial score (nSPS) is 13.4. The molecule has 1 aromatic carbocycles. The number of hydrogen-bond donors (Lipinski definition) is 1. The van der Waals surface area contributed by atoms with Crippen molar-refractivity contribution in [1.82, 2.24) is 0 Å². The molecule has 0 unspecified atom stereocenters. The summed E-state index contributed by atoms with van der Waals surface area (Å²) in [7, 11) is -4.46. The molecule has 1 aromatic rings. The van der Waals surface area contributed by atoms with Gasteiger partial charge in [0.2, 0.25) is 10.0 Å². The molecule has 0 bridgehead atoms. The monoisotopic (exact) mass is 309 g/mol. The van der Waals surface area contributed by atoms with Gasteiger partial charge in [-0.25, -0.2) is 13.6 Å². The summed E-state index contributed by atoms with van der Waals surface area (Å²) < 4.78 is 98.1. The molecule has 0 aromatic heterocycles. The minimum atomic E-state index is -5.41. The first-order valence-corrected chi connectivity index (χ1v) is 5.85. The van der Waals surface area contributed by atoms with Gasteiger partial charge in [-0.1, -0.05) is 0 Å². The lowest BCUT2D eigenvalue weighted by molar-refractivity contribution is -0.276. The SMILES string of the molecule is NS(=O)(=O)c1ccc(C(F)(F)F)c(OC(F)(F)F)c1. The average molecular weight is 309 g/mol. The number of sulfonamides is 1. The second kappa shape index (κ2) is 4.56. The molecule has 0 saturated heterocycles. The molecule has 0 aliphatic carbocycles. The van der Waals surface area contributed by atoms with Gasteiger partial charge in [-0.05, 0) is 12.1 Å². The van der Waals surface area contributed by atoms with Crippen molar-refractivity contribution >= 4 is 10.0 Å². The molecule has 0 atom stereocenters. The van der Waals surface area contributed by atoms with Crippen molar-refractivity contribution in [2.24, 2.45) is 5.14 Å². The highest BCUT2D eigenvalue weighted by Gasteiger charge is 2.39. The van der Waals surface area contributed by atoms with E-state index in [0.717, 1.165) is 0 Å². The first-order valence-electron chi connectivity index (χ1n) is 4.30. The third-order valence-corrected chi connectivity index (χ3v) is 2.72. The van der Waals surface area contributed by atoms with Crippen molar-refractivity contribution in [3.05, 3.63) is 23.8 Å². The van der Waals surface area contributed by atoms with Gasteiger partial charge < -0.3 is 4.74 Å². The predicted molar refractivity (Wildman–Crippen MR) is 49.5 cm³/mol. The number of hydrogen-bond acceptors (Lipinski definition) is 3. The van der Waals surface area contributed by atoms with E-state index in [1.165, 1.54) is 0 Å². The van der Waals surface area contributed by atoms with Gasteiger partial charge in [-0.2, -0.15) is 13.2 Å². The topological polar surface area (TPSA) is 69.4 Å². The molecule has 0 amide bonds. The Morgan fingerprint density at radius 2 is 1.58 bits per heavy atom. The highest BCUT2D eigenvalue weighted by Crippen LogP contribution is 2.39. The summed E-state index contributed by atoms with van der Waals surface area (Å²) in [6, 6.07) is 0.633. The van der Waals surface area contributed by atoms with E-state index in [4.69, 9.17) is 0 Å². The smallest absolute Gasteiger partial charge is 0.405 e. The molecule has 0 aliphatic rings. The Bertz CT molecular complexity index is 577. The third kappa shape index (κ3) is 4.28. The lowest BCUT2D eigenvalue weighted by Gasteiger charge is -2.15. The number of ether oxygens (including phenoxy) is 1. The van der Waals surface area contributed by atoms with Crippen LogP contribution in [-0.2, 0) is 16.2 Å². The van der Waals surface area contributed by atoms with Crippen LogP contribution in [0, 0.1) is 0 Å². The summed E-state index contributed by atoms with van der Waals surface area (Å²) in [5.74, 6) is -1.69. The third-order valence-electron chi connectivity index (χ3n) is 1.81. The molecule has 2 N–H and O–H groups in total. The highest BCUT2D eigenvalue weighted by atomic mass is 32.2. The molecule has 108 valence electrons. The fourth-order valence-corrected chi connectivity index (χ4v) is 1.65. The van der Waals surface area contributed by atoms with Gasteiger partial charge in [0.05, 0.1) is 10.5 Å². The predicted octanol–water partition coefficient (Wildman–Crippen LogP) is 2.25. The summed E-state index contributed by atoms with van der Waals surface area (Å²) in [4.78, 5) is -0.931. The van der Waals surface area contributed by atoms with E-state index < -0.39 is 38.8 Å². The molecule has 0 radical (unpaired) electrons. The molecule has 0 aliphatic heterocycles. The van der Waals surface area contributed by atoms with Crippen molar-refractivity contribution in [3.63, 3.8) is 0 Å². The van der Waals surface area contributed by atoms with Crippen molar-refractivity contribution < 1.29 is 39.5 Å². The molecule has 0 saturated carbocycles. The maximum atomic E-state index is 12.4. The highest BCUT2D eigenvalue weighted by molar-refractivity contribution is 7.89. The fraction of sp³-hybridized carbons (Fsp3) is 0.250. The largest absolute Gasteiger partial charge is 0.573 e. The number of nitrogens with two attached hydrogens (primary N) is 1. The second-order valence-electron chi connectivity index (χ2n) is 3.25. The van der Waals surface area contributed by atoms with Crippen LogP contribution in [0.4, 0.5) is 26.3 Å². The van der Waals surface area contributed by atoms with Gasteiger partial charge in [-0.15, -0.1) is 13.2 Å². The first-order chi connectivity index (χ1) is 8.31. The summed E-state index contributed by atoms with van der Waals surface area (Å²) in [5, 5.41) is 4.60. The molecular weight excluding hydrogens is 304 g/mol. The Morgan fingerprint density at radius 1 is 1.05 bits per heavy atom. The Balaban J connectivity index is 3.44. The van der Waals surface area contributed by atoms with Crippen LogP contribution < -0.4 is 9.88 Å². The Morgan fingerprint density at radius 3 is 1.95 bits per heavy atom. The number of alkyl halides is 6. The van der Waals surface area contributed by atoms with E-state index in [9.17, 15) is 34.8 Å². The zero-order chi connectivity index (χ0) is 15.1. The minimum Gasteiger partial charge on any atom is -0.405 e. The number of primary sulfonamides is 1. The quantitative estimate of drug-likeness (QED) is 0.852. The van der Waals surface area contributed by atoms with Crippen LogP contribution in [0.15, 0.2) is 23.1 Å². The zero-order valence-electron chi connectivity index (χ0n) is 8.71. The van der Waals surface area contributed by atoms with E-state index >= 15 is 0 Å². The fourth-order valence-electron chi connectivity index (χ4n) is 1.12. The molecular formula is C8H5F6NO3S. The van der Waals surface area contributed by atoms with Crippen LogP contribution in [0.2, 0.25) is 0 Å². The first kappa shape index (κ1) is 15.6. The number of halogens is 6. The van der Waals surface area contributed by atoms with Gasteiger partial charge in [0.25, 0.3) is 0 Å². The van der Waals surface area contributed by atoms with Crippen molar-refractivity contribution in [2.45, 2.75) is 17.4 Å².